The van der Waals surface area contributed by atoms with Gasteiger partial charge in [0, 0.05) is 5.75 Å². The van der Waals surface area contributed by atoms with Crippen LogP contribution in [0.25, 0.3) is 0 Å². The van der Waals surface area contributed by atoms with Crippen molar-refractivity contribution >= 4 is 12.6 Å². The van der Waals surface area contributed by atoms with Gasteiger partial charge in [-0.15, -0.1) is 0 Å². The molecule has 4 heteroatoms. The maximum absolute atomic E-state index is 11.0. The molecule has 1 radical (unpaired) electrons. The highest BCUT2D eigenvalue weighted by atomic mass is 32.1. The Morgan fingerprint density at radius 3 is 1.71 bits per heavy atom. The monoisotopic (exact) mass is 129 g/mol. The van der Waals surface area contributed by atoms with E-state index >= 15 is 0 Å². The molecular formula is C3H4F3S. The van der Waals surface area contributed by atoms with Crippen LogP contribution in [0.1, 0.15) is 6.42 Å². The van der Waals surface area contributed by atoms with Crippen LogP contribution in [0.4, 0.5) is 13.2 Å². The summed E-state index contributed by atoms with van der Waals surface area (Å²) in [6, 6.07) is 0. The van der Waals surface area contributed by atoms with Crippen LogP contribution in [0.15, 0.2) is 0 Å². The van der Waals surface area contributed by atoms with Gasteiger partial charge in [0.25, 0.3) is 0 Å². The van der Waals surface area contributed by atoms with Crippen molar-refractivity contribution in [1.29, 1.82) is 0 Å². The summed E-state index contributed by atoms with van der Waals surface area (Å²) in [6.45, 7) is 0. The van der Waals surface area contributed by atoms with E-state index in [-0.39, 0.29) is 5.75 Å². The van der Waals surface area contributed by atoms with Gasteiger partial charge in [-0.3, -0.25) is 0 Å². The fourth-order valence-electron chi connectivity index (χ4n) is 0.116. The van der Waals surface area contributed by atoms with Crippen LogP contribution in [0.5, 0.6) is 0 Å². The second-order valence-electron chi connectivity index (χ2n) is 1.07. The average Bonchev–Trinajstić information content (AvgIpc) is 1.30. The van der Waals surface area contributed by atoms with E-state index in [0.717, 1.165) is 0 Å². The van der Waals surface area contributed by atoms with E-state index in [9.17, 15) is 13.2 Å². The Morgan fingerprint density at radius 2 is 1.71 bits per heavy atom. The Bertz CT molecular complexity index is 48.6. The van der Waals surface area contributed by atoms with Gasteiger partial charge in [-0.1, -0.05) is 12.6 Å². The first kappa shape index (κ1) is 7.14. The van der Waals surface area contributed by atoms with Gasteiger partial charge in [-0.05, 0) is 0 Å². The lowest BCUT2D eigenvalue weighted by Gasteiger charge is -1.99. The van der Waals surface area contributed by atoms with E-state index in [4.69, 9.17) is 0 Å². The van der Waals surface area contributed by atoms with Crippen LogP contribution in [-0.2, 0) is 0 Å². The summed E-state index contributed by atoms with van der Waals surface area (Å²) in [5.74, 6) is -0.233. The largest absolute Gasteiger partial charge is 0.389 e. The maximum atomic E-state index is 11.0. The molecule has 0 spiro atoms. The van der Waals surface area contributed by atoms with Crippen molar-refractivity contribution < 1.29 is 13.2 Å². The SMILES string of the molecule is FC(F)(F)CC[S]. The minimum absolute atomic E-state index is 0.233. The lowest BCUT2D eigenvalue weighted by atomic mass is 10.5. The fourth-order valence-corrected chi connectivity index (χ4v) is 0.347. The Labute approximate surface area is 45.1 Å². The Hall–Kier alpha value is 0.140. The molecule has 0 atom stereocenters. The first-order valence-corrected chi connectivity index (χ1v) is 2.29. The molecule has 0 fully saturated rings. The quantitative estimate of drug-likeness (QED) is 0.508. The van der Waals surface area contributed by atoms with E-state index < -0.39 is 12.6 Å². The molecule has 0 aromatic rings. The zero-order chi connectivity index (χ0) is 5.91. The Balaban J connectivity index is 3.15. The second kappa shape index (κ2) is 2.45. The highest BCUT2D eigenvalue weighted by Crippen LogP contribution is 2.19. The molecule has 0 unspecified atom stereocenters. The number of alkyl halides is 3. The molecule has 7 heavy (non-hydrogen) atoms. The average molecular weight is 129 g/mol. The number of rotatable bonds is 1. The van der Waals surface area contributed by atoms with Gasteiger partial charge in [0.15, 0.2) is 0 Å². The Kier molecular flexibility index (Phi) is 2.50. The third-order valence-electron chi connectivity index (χ3n) is 0.386. The van der Waals surface area contributed by atoms with Gasteiger partial charge >= 0.3 is 6.18 Å². The van der Waals surface area contributed by atoms with Crippen molar-refractivity contribution in [3.05, 3.63) is 0 Å². The predicted octanol–water partition coefficient (Wildman–Crippen LogP) is 2.14. The van der Waals surface area contributed by atoms with Crippen LogP contribution in [0.2, 0.25) is 0 Å². The summed E-state index contributed by atoms with van der Waals surface area (Å²) in [6.07, 6.45) is -4.90. The number of hydrogen-bond acceptors (Lipinski definition) is 0. The topological polar surface area (TPSA) is 0 Å². The van der Waals surface area contributed by atoms with Crippen molar-refractivity contribution in [1.82, 2.24) is 0 Å². The highest BCUT2D eigenvalue weighted by molar-refractivity contribution is 7.80. The van der Waals surface area contributed by atoms with Crippen molar-refractivity contribution in [2.45, 2.75) is 12.6 Å². The Morgan fingerprint density at radius 1 is 1.29 bits per heavy atom. The number of halogens is 3. The van der Waals surface area contributed by atoms with Crippen LogP contribution < -0.4 is 0 Å². The molecular weight excluding hydrogens is 125 g/mol. The molecule has 0 aliphatic carbocycles. The fraction of sp³-hybridized carbons (Fsp3) is 1.00. The lowest BCUT2D eigenvalue weighted by Crippen LogP contribution is -2.06. The molecule has 0 N–H and O–H groups in total. The smallest absolute Gasteiger partial charge is 0.171 e. The van der Waals surface area contributed by atoms with Crippen LogP contribution in [0, 0.1) is 0 Å². The van der Waals surface area contributed by atoms with E-state index in [1.807, 2.05) is 0 Å². The molecule has 0 saturated carbocycles. The number of hydrogen-bond donors (Lipinski definition) is 0. The zero-order valence-corrected chi connectivity index (χ0v) is 4.27. The summed E-state index contributed by atoms with van der Waals surface area (Å²) >= 11 is 4.08. The molecule has 0 aromatic heterocycles. The normalized spacial score (nSPS) is 12.0. The summed E-state index contributed by atoms with van der Waals surface area (Å²) in [5.41, 5.74) is 0. The molecule has 0 nitrogen and oxygen atoms in total. The molecule has 0 saturated heterocycles. The molecule has 0 heterocycles. The summed E-state index contributed by atoms with van der Waals surface area (Å²) < 4.78 is 33.0. The van der Waals surface area contributed by atoms with Gasteiger partial charge in [0.1, 0.15) is 0 Å². The lowest BCUT2D eigenvalue weighted by molar-refractivity contribution is -0.129. The van der Waals surface area contributed by atoms with Crippen molar-refractivity contribution in [3.8, 4) is 0 Å². The van der Waals surface area contributed by atoms with E-state index in [1.54, 1.807) is 0 Å². The van der Waals surface area contributed by atoms with Gasteiger partial charge in [0.2, 0.25) is 0 Å². The summed E-state index contributed by atoms with van der Waals surface area (Å²) in [5, 5.41) is 0. The van der Waals surface area contributed by atoms with Crippen LogP contribution in [-0.4, -0.2) is 11.9 Å². The first-order chi connectivity index (χ1) is 3.06. The first-order valence-electron chi connectivity index (χ1n) is 1.71. The summed E-state index contributed by atoms with van der Waals surface area (Å²) in [7, 11) is 0. The molecule has 0 bridgehead atoms. The van der Waals surface area contributed by atoms with Gasteiger partial charge in [0.05, 0.1) is 6.42 Å². The van der Waals surface area contributed by atoms with Crippen LogP contribution in [0.3, 0.4) is 0 Å². The van der Waals surface area contributed by atoms with E-state index in [1.165, 1.54) is 0 Å². The minimum Gasteiger partial charge on any atom is -0.171 e. The van der Waals surface area contributed by atoms with Gasteiger partial charge < -0.3 is 0 Å². The van der Waals surface area contributed by atoms with Gasteiger partial charge in [-0.2, -0.15) is 13.2 Å². The standard InChI is InChI=1S/C3H4F3S/c4-3(5,6)1-2-7/h1-2H2. The third kappa shape index (κ3) is 6.14. The van der Waals surface area contributed by atoms with E-state index in [0.29, 0.717) is 0 Å². The molecule has 0 aliphatic heterocycles. The molecule has 43 valence electrons. The second-order valence-corrected chi connectivity index (χ2v) is 1.48. The predicted molar refractivity (Wildman–Crippen MR) is 23.1 cm³/mol. The van der Waals surface area contributed by atoms with Crippen molar-refractivity contribution in [3.63, 3.8) is 0 Å². The van der Waals surface area contributed by atoms with Crippen molar-refractivity contribution in [2.75, 3.05) is 5.75 Å². The molecule has 0 amide bonds. The summed E-state index contributed by atoms with van der Waals surface area (Å²) in [4.78, 5) is 0. The third-order valence-corrected chi connectivity index (χ3v) is 0.590. The van der Waals surface area contributed by atoms with Crippen molar-refractivity contribution in [2.24, 2.45) is 0 Å². The molecule has 0 rings (SSSR count). The van der Waals surface area contributed by atoms with Gasteiger partial charge in [-0.25, -0.2) is 0 Å². The molecule has 0 aliphatic rings. The van der Waals surface area contributed by atoms with E-state index in [2.05, 4.69) is 12.6 Å². The minimum atomic E-state index is -4.05. The van der Waals surface area contributed by atoms with Crippen LogP contribution >= 0.6 is 12.6 Å². The highest BCUT2D eigenvalue weighted by Gasteiger charge is 2.25. The maximum Gasteiger partial charge on any atom is 0.389 e. The zero-order valence-electron chi connectivity index (χ0n) is 3.46. The molecule has 0 aromatic carbocycles.